The number of amides is 2. The van der Waals surface area contributed by atoms with Crippen molar-refractivity contribution in [1.82, 2.24) is 13.8 Å². The summed E-state index contributed by atoms with van der Waals surface area (Å²) in [5, 5.41) is 12.3. The van der Waals surface area contributed by atoms with Crippen molar-refractivity contribution < 1.29 is 32.6 Å². The lowest BCUT2D eigenvalue weighted by Crippen LogP contribution is -2.53. The van der Waals surface area contributed by atoms with Crippen molar-refractivity contribution in [1.29, 1.82) is 0 Å². The van der Waals surface area contributed by atoms with Gasteiger partial charge in [-0.2, -0.15) is 0 Å². The molecule has 1 aromatic carbocycles. The summed E-state index contributed by atoms with van der Waals surface area (Å²) in [6, 6.07) is 11.5. The fourth-order valence-corrected chi connectivity index (χ4v) is 7.31. The molecule has 0 aliphatic carbocycles. The number of hydrogen-bond acceptors (Lipinski definition) is 7. The third-order valence-electron chi connectivity index (χ3n) is 7.80. The molecule has 2 aromatic rings. The van der Waals surface area contributed by atoms with E-state index in [0.29, 0.717) is 51.5 Å². The van der Waals surface area contributed by atoms with Crippen LogP contribution in [0.5, 0.6) is 0 Å². The van der Waals surface area contributed by atoms with Crippen molar-refractivity contribution in [2.75, 3.05) is 39.4 Å². The number of carbonyl (C=O) groups is 2. The average molecular weight is 634 g/mol. The van der Waals surface area contributed by atoms with E-state index in [9.17, 15) is 23.1 Å². The number of aliphatic hydroxyl groups is 1. The van der Waals surface area contributed by atoms with Gasteiger partial charge < -0.3 is 24.4 Å². The molecule has 1 N–H and O–H groups in total. The van der Waals surface area contributed by atoms with E-state index in [1.165, 1.54) is 22.3 Å². The minimum absolute atomic E-state index is 0.00196. The normalized spacial score (nSPS) is 15.2. The van der Waals surface area contributed by atoms with Crippen LogP contribution in [0.3, 0.4) is 0 Å². The first-order chi connectivity index (χ1) is 21.0. The van der Waals surface area contributed by atoms with Gasteiger partial charge in [-0.1, -0.05) is 45.9 Å². The lowest BCUT2D eigenvalue weighted by molar-refractivity contribution is -0.286. The summed E-state index contributed by atoms with van der Waals surface area (Å²) in [5.41, 5.74) is -1.38. The maximum absolute atomic E-state index is 13.6. The molecule has 1 aromatic heterocycles. The zero-order valence-corrected chi connectivity index (χ0v) is 27.7. The van der Waals surface area contributed by atoms with Gasteiger partial charge in [0.25, 0.3) is 10.0 Å². The Kier molecular flexibility index (Phi) is 13.4. The third-order valence-corrected chi connectivity index (χ3v) is 9.54. The van der Waals surface area contributed by atoms with Crippen molar-refractivity contribution in [2.24, 2.45) is 0 Å². The molecule has 1 saturated heterocycles. The lowest BCUT2D eigenvalue weighted by Gasteiger charge is -2.43. The van der Waals surface area contributed by atoms with Crippen molar-refractivity contribution in [3.8, 4) is 0 Å². The number of rotatable bonds is 18. The van der Waals surface area contributed by atoms with Crippen molar-refractivity contribution in [3.63, 3.8) is 0 Å². The maximum atomic E-state index is 13.6. The summed E-state index contributed by atoms with van der Waals surface area (Å²) in [4.78, 5) is 30.9. The number of nitrogens with zero attached hydrogens (tertiary/aromatic N) is 3. The molecule has 11 heteroatoms. The molecule has 0 unspecified atom stereocenters. The van der Waals surface area contributed by atoms with Crippen LogP contribution in [0.15, 0.2) is 53.6 Å². The van der Waals surface area contributed by atoms with Gasteiger partial charge in [0.05, 0.1) is 36.6 Å². The molecular formula is C33H51N3O7S. The van der Waals surface area contributed by atoms with E-state index in [1.807, 2.05) is 27.7 Å². The monoisotopic (exact) mass is 633 g/mol. The smallest absolute Gasteiger partial charge is 0.267 e. The second-order valence-corrected chi connectivity index (χ2v) is 13.6. The van der Waals surface area contributed by atoms with E-state index >= 15 is 0 Å². The molecule has 0 atom stereocenters. The van der Waals surface area contributed by atoms with Crippen LogP contribution in [0.2, 0.25) is 0 Å². The Morgan fingerprint density at radius 2 is 1.34 bits per heavy atom. The molecule has 0 bridgehead atoms. The van der Waals surface area contributed by atoms with Crippen molar-refractivity contribution in [3.05, 3.63) is 54.4 Å². The highest BCUT2D eigenvalue weighted by Crippen LogP contribution is 2.37. The quantitative estimate of drug-likeness (QED) is 0.255. The van der Waals surface area contributed by atoms with Gasteiger partial charge in [0.1, 0.15) is 0 Å². The van der Waals surface area contributed by atoms with Crippen LogP contribution in [0.4, 0.5) is 0 Å². The maximum Gasteiger partial charge on any atom is 0.267 e. The predicted octanol–water partition coefficient (Wildman–Crippen LogP) is 4.60. The molecule has 2 heterocycles. The fourth-order valence-electron chi connectivity index (χ4n) is 5.92. The van der Waals surface area contributed by atoms with Gasteiger partial charge in [-0.15, -0.1) is 0 Å². The van der Waals surface area contributed by atoms with Crippen LogP contribution in [-0.2, 0) is 35.5 Å². The standard InChI is InChI=1S/C33H51N3O7S/c1-5-17-34(18-6-2)30(37)25-32(39,26-31(38)35(19-7-3)20-8-4)27-33(42-22-13-23-43-33)24-28-14-12-21-36(28)44(40,41)29-15-10-9-11-16-29/h9-12,14-16,21,39H,5-8,13,17-20,22-27H2,1-4H3. The van der Waals surface area contributed by atoms with Crippen LogP contribution in [0.1, 0.15) is 84.8 Å². The van der Waals surface area contributed by atoms with E-state index in [1.54, 1.807) is 40.1 Å². The van der Waals surface area contributed by atoms with Gasteiger partial charge in [-0.3, -0.25) is 9.59 Å². The third kappa shape index (κ3) is 9.39. The van der Waals surface area contributed by atoms with Crippen LogP contribution >= 0.6 is 0 Å². The molecule has 1 aliphatic heterocycles. The second-order valence-electron chi connectivity index (χ2n) is 11.8. The predicted molar refractivity (Wildman–Crippen MR) is 170 cm³/mol. The molecule has 10 nitrogen and oxygen atoms in total. The van der Waals surface area contributed by atoms with Gasteiger partial charge in [0.2, 0.25) is 11.8 Å². The fraction of sp³-hybridized carbons (Fsp3) is 0.636. The number of aromatic nitrogens is 1. The lowest BCUT2D eigenvalue weighted by atomic mass is 9.84. The Balaban J connectivity index is 2.00. The summed E-state index contributed by atoms with van der Waals surface area (Å²) in [7, 11) is -3.91. The minimum Gasteiger partial charge on any atom is -0.389 e. The summed E-state index contributed by atoms with van der Waals surface area (Å²) < 4.78 is 40.8. The Morgan fingerprint density at radius 3 is 1.82 bits per heavy atom. The molecular weight excluding hydrogens is 582 g/mol. The number of hydrogen-bond donors (Lipinski definition) is 1. The number of ether oxygens (including phenoxy) is 2. The van der Waals surface area contributed by atoms with Gasteiger partial charge in [0.15, 0.2) is 5.79 Å². The first-order valence-corrected chi connectivity index (χ1v) is 17.5. The Morgan fingerprint density at radius 1 is 0.841 bits per heavy atom. The molecule has 2 amide bonds. The number of benzene rings is 1. The van der Waals surface area contributed by atoms with Gasteiger partial charge >= 0.3 is 0 Å². The zero-order valence-electron chi connectivity index (χ0n) is 26.9. The average Bonchev–Trinajstić information content (AvgIpc) is 3.46. The van der Waals surface area contributed by atoms with E-state index in [0.717, 1.165) is 25.7 Å². The van der Waals surface area contributed by atoms with Crippen molar-refractivity contribution >= 4 is 21.8 Å². The van der Waals surface area contributed by atoms with Crippen molar-refractivity contribution in [2.45, 2.75) is 102 Å². The highest BCUT2D eigenvalue weighted by Gasteiger charge is 2.47. The highest BCUT2D eigenvalue weighted by molar-refractivity contribution is 7.90. The van der Waals surface area contributed by atoms with Crippen LogP contribution < -0.4 is 0 Å². The van der Waals surface area contributed by atoms with E-state index in [-0.39, 0.29) is 42.4 Å². The molecule has 0 spiro atoms. The molecule has 246 valence electrons. The van der Waals surface area contributed by atoms with E-state index in [4.69, 9.17) is 9.47 Å². The van der Waals surface area contributed by atoms with Crippen LogP contribution in [0.25, 0.3) is 0 Å². The molecule has 0 saturated carbocycles. The topological polar surface area (TPSA) is 118 Å². The van der Waals surface area contributed by atoms with E-state index < -0.39 is 21.4 Å². The van der Waals surface area contributed by atoms with Gasteiger partial charge in [-0.25, -0.2) is 12.4 Å². The van der Waals surface area contributed by atoms with Gasteiger partial charge in [-0.05, 0) is 56.4 Å². The molecule has 0 radical (unpaired) electrons. The number of carbonyl (C=O) groups excluding carboxylic acids is 2. The summed E-state index contributed by atoms with van der Waals surface area (Å²) in [5.74, 6) is -1.92. The van der Waals surface area contributed by atoms with E-state index in [2.05, 4.69) is 0 Å². The van der Waals surface area contributed by atoms with Crippen LogP contribution in [0, 0.1) is 0 Å². The molecule has 3 rings (SSSR count). The Bertz CT molecular complexity index is 1250. The van der Waals surface area contributed by atoms with Gasteiger partial charge in [0, 0.05) is 50.9 Å². The Hall–Kier alpha value is -2.73. The SMILES string of the molecule is CCCN(CCC)C(=O)CC(O)(CC(=O)N(CCC)CCC)CC1(Cc2cccn2S(=O)(=O)c2ccccc2)OCCCO1. The zero-order chi connectivity index (χ0) is 32.2. The first-order valence-electron chi connectivity index (χ1n) is 16.1. The molecule has 1 fully saturated rings. The molecule has 44 heavy (non-hydrogen) atoms. The Labute approximate surface area is 263 Å². The van der Waals surface area contributed by atoms with Crippen LogP contribution in [-0.4, -0.2) is 89.9 Å². The summed E-state index contributed by atoms with van der Waals surface area (Å²) >= 11 is 0. The highest BCUT2D eigenvalue weighted by atomic mass is 32.2. The molecule has 1 aliphatic rings. The minimum atomic E-state index is -3.91. The largest absolute Gasteiger partial charge is 0.389 e. The summed E-state index contributed by atoms with van der Waals surface area (Å²) in [6.45, 7) is 10.9. The second kappa shape index (κ2) is 16.5. The summed E-state index contributed by atoms with van der Waals surface area (Å²) in [6.07, 6.45) is 4.46. The first kappa shape index (κ1) is 35.7.